The van der Waals surface area contributed by atoms with Crippen molar-refractivity contribution >= 4 is 11.9 Å². The molecule has 0 saturated carbocycles. The maximum atomic E-state index is 11.8. The van der Waals surface area contributed by atoms with Gasteiger partial charge in [-0.2, -0.15) is 0 Å². The molecule has 17 heavy (non-hydrogen) atoms. The average Bonchev–Trinajstić information content (AvgIpc) is 2.68. The number of carbonyl (C=O) groups excluding carboxylic acids is 2. The zero-order chi connectivity index (χ0) is 12.4. The van der Waals surface area contributed by atoms with Crippen LogP contribution in [0, 0.1) is 6.92 Å². The molecule has 1 unspecified atom stereocenters. The Hall–Kier alpha value is -2.04. The molecule has 0 aliphatic carbocycles. The average molecular weight is 235 g/mol. The van der Waals surface area contributed by atoms with Gasteiger partial charge in [0, 0.05) is 12.0 Å². The first kappa shape index (κ1) is 11.4. The molecule has 1 saturated heterocycles. The Bertz CT molecular complexity index is 470. The van der Waals surface area contributed by atoms with Crippen molar-refractivity contribution in [1.29, 1.82) is 0 Å². The molecule has 1 aliphatic heterocycles. The first-order valence-corrected chi connectivity index (χ1v) is 5.35. The van der Waals surface area contributed by atoms with Crippen LogP contribution in [0.1, 0.15) is 22.3 Å². The lowest BCUT2D eigenvalue weighted by atomic mass is 10.1. The van der Waals surface area contributed by atoms with E-state index in [2.05, 4.69) is 5.32 Å². The van der Waals surface area contributed by atoms with Crippen molar-refractivity contribution in [2.75, 3.05) is 6.61 Å². The van der Waals surface area contributed by atoms with Crippen molar-refractivity contribution in [3.05, 3.63) is 29.3 Å². The number of cyclic esters (lactones) is 1. The summed E-state index contributed by atoms with van der Waals surface area (Å²) in [4.78, 5) is 23.0. The minimum Gasteiger partial charge on any atom is -0.508 e. The maximum absolute atomic E-state index is 11.8. The summed E-state index contributed by atoms with van der Waals surface area (Å²) in [6.07, 6.45) is 0.489. The normalized spacial score (nSPS) is 18.9. The Kier molecular flexibility index (Phi) is 2.99. The highest BCUT2D eigenvalue weighted by Gasteiger charge is 2.28. The van der Waals surface area contributed by atoms with E-state index < -0.39 is 12.0 Å². The summed E-state index contributed by atoms with van der Waals surface area (Å²) in [6, 6.07) is 4.05. The third-order valence-electron chi connectivity index (χ3n) is 2.71. The molecular formula is C12H13NO4. The molecule has 0 spiro atoms. The van der Waals surface area contributed by atoms with Crippen molar-refractivity contribution in [3.63, 3.8) is 0 Å². The molecule has 1 aromatic carbocycles. The predicted molar refractivity (Wildman–Crippen MR) is 59.7 cm³/mol. The molecule has 5 nitrogen and oxygen atoms in total. The Labute approximate surface area is 98.4 Å². The quantitative estimate of drug-likeness (QED) is 0.741. The summed E-state index contributed by atoms with van der Waals surface area (Å²) < 4.78 is 4.74. The van der Waals surface area contributed by atoms with Gasteiger partial charge in [-0.15, -0.1) is 0 Å². The number of ether oxygens (including phenoxy) is 1. The molecular weight excluding hydrogens is 222 g/mol. The van der Waals surface area contributed by atoms with Crippen LogP contribution in [-0.4, -0.2) is 29.6 Å². The lowest BCUT2D eigenvalue weighted by Crippen LogP contribution is -2.37. The monoisotopic (exact) mass is 235 g/mol. The van der Waals surface area contributed by atoms with E-state index >= 15 is 0 Å². The molecule has 0 radical (unpaired) electrons. The van der Waals surface area contributed by atoms with Gasteiger partial charge in [-0.05, 0) is 24.6 Å². The van der Waals surface area contributed by atoms with Crippen molar-refractivity contribution in [2.24, 2.45) is 0 Å². The molecule has 5 heteroatoms. The van der Waals surface area contributed by atoms with Gasteiger partial charge >= 0.3 is 5.97 Å². The number of esters is 1. The second-order valence-corrected chi connectivity index (χ2v) is 3.98. The molecule has 0 aromatic heterocycles. The number of amides is 1. The Morgan fingerprint density at radius 3 is 2.88 bits per heavy atom. The van der Waals surface area contributed by atoms with Crippen LogP contribution in [0.25, 0.3) is 0 Å². The van der Waals surface area contributed by atoms with Crippen molar-refractivity contribution in [2.45, 2.75) is 19.4 Å². The number of benzene rings is 1. The number of hydrogen-bond donors (Lipinski definition) is 2. The van der Waals surface area contributed by atoms with Crippen LogP contribution in [0.3, 0.4) is 0 Å². The van der Waals surface area contributed by atoms with Crippen LogP contribution in [0.15, 0.2) is 18.2 Å². The Balaban J connectivity index is 2.09. The number of rotatable bonds is 2. The van der Waals surface area contributed by atoms with Gasteiger partial charge in [0.1, 0.15) is 11.8 Å². The Morgan fingerprint density at radius 1 is 1.53 bits per heavy atom. The van der Waals surface area contributed by atoms with E-state index in [-0.39, 0.29) is 11.7 Å². The Morgan fingerprint density at radius 2 is 2.29 bits per heavy atom. The van der Waals surface area contributed by atoms with Gasteiger partial charge < -0.3 is 15.2 Å². The van der Waals surface area contributed by atoms with Gasteiger partial charge in [-0.25, -0.2) is 4.79 Å². The maximum Gasteiger partial charge on any atom is 0.328 e. The molecule has 1 amide bonds. The first-order chi connectivity index (χ1) is 8.08. The topological polar surface area (TPSA) is 75.6 Å². The molecule has 2 N–H and O–H groups in total. The van der Waals surface area contributed by atoms with Gasteiger partial charge in [0.2, 0.25) is 0 Å². The van der Waals surface area contributed by atoms with E-state index in [4.69, 9.17) is 4.74 Å². The van der Waals surface area contributed by atoms with Crippen molar-refractivity contribution < 1.29 is 19.4 Å². The second kappa shape index (κ2) is 4.45. The van der Waals surface area contributed by atoms with E-state index in [1.54, 1.807) is 19.1 Å². The fourth-order valence-corrected chi connectivity index (χ4v) is 1.62. The number of aryl methyl sites for hydroxylation is 1. The van der Waals surface area contributed by atoms with Crippen LogP contribution in [-0.2, 0) is 9.53 Å². The van der Waals surface area contributed by atoms with Gasteiger partial charge in [0.15, 0.2) is 0 Å². The molecule has 1 fully saturated rings. The van der Waals surface area contributed by atoms with E-state index in [9.17, 15) is 14.7 Å². The fourth-order valence-electron chi connectivity index (χ4n) is 1.62. The van der Waals surface area contributed by atoms with E-state index in [1.807, 2.05) is 0 Å². The lowest BCUT2D eigenvalue weighted by Gasteiger charge is -2.09. The molecule has 1 atom stereocenters. The highest BCUT2D eigenvalue weighted by molar-refractivity contribution is 5.97. The standard InChI is InChI=1S/C12H13NO4/c1-7-2-3-8(6-10(7)14)11(15)13-9-4-5-17-12(9)16/h2-3,6,9,14H,4-5H2,1H3,(H,13,15). The summed E-state index contributed by atoms with van der Waals surface area (Å²) in [5.74, 6) is -0.731. The fraction of sp³-hybridized carbons (Fsp3) is 0.333. The van der Waals surface area contributed by atoms with Gasteiger partial charge in [-0.3, -0.25) is 4.79 Å². The number of phenols is 1. The predicted octanol–water partition coefficient (Wildman–Crippen LogP) is 0.746. The van der Waals surface area contributed by atoms with E-state index in [0.29, 0.717) is 24.2 Å². The SMILES string of the molecule is Cc1ccc(C(=O)NC2CCOC2=O)cc1O. The largest absolute Gasteiger partial charge is 0.508 e. The van der Waals surface area contributed by atoms with E-state index in [0.717, 1.165) is 0 Å². The smallest absolute Gasteiger partial charge is 0.328 e. The van der Waals surface area contributed by atoms with Gasteiger partial charge in [0.05, 0.1) is 6.61 Å². The van der Waals surface area contributed by atoms with Crippen LogP contribution in [0.4, 0.5) is 0 Å². The van der Waals surface area contributed by atoms with Crippen LogP contribution < -0.4 is 5.32 Å². The third-order valence-corrected chi connectivity index (χ3v) is 2.71. The van der Waals surface area contributed by atoms with Crippen LogP contribution in [0.5, 0.6) is 5.75 Å². The summed E-state index contributed by atoms with van der Waals surface area (Å²) >= 11 is 0. The van der Waals surface area contributed by atoms with Crippen molar-refractivity contribution in [1.82, 2.24) is 5.32 Å². The second-order valence-electron chi connectivity index (χ2n) is 3.98. The number of aromatic hydroxyl groups is 1. The lowest BCUT2D eigenvalue weighted by molar-refractivity contribution is -0.139. The van der Waals surface area contributed by atoms with Crippen LogP contribution in [0.2, 0.25) is 0 Å². The molecule has 1 heterocycles. The van der Waals surface area contributed by atoms with Crippen molar-refractivity contribution in [3.8, 4) is 5.75 Å². The minimum atomic E-state index is -0.578. The number of phenolic OH excluding ortho intramolecular Hbond substituents is 1. The summed E-state index contributed by atoms with van der Waals surface area (Å²) in [5, 5.41) is 12.1. The number of nitrogens with one attached hydrogen (secondary N) is 1. The molecule has 90 valence electrons. The van der Waals surface area contributed by atoms with Crippen LogP contribution >= 0.6 is 0 Å². The molecule has 0 bridgehead atoms. The highest BCUT2D eigenvalue weighted by atomic mass is 16.5. The molecule has 1 aliphatic rings. The number of hydrogen-bond acceptors (Lipinski definition) is 4. The first-order valence-electron chi connectivity index (χ1n) is 5.35. The number of carbonyl (C=O) groups is 2. The molecule has 2 rings (SSSR count). The summed E-state index contributed by atoms with van der Waals surface area (Å²) in [5.41, 5.74) is 1.02. The zero-order valence-electron chi connectivity index (χ0n) is 9.40. The minimum absolute atomic E-state index is 0.0617. The summed E-state index contributed by atoms with van der Waals surface area (Å²) in [6.45, 7) is 2.08. The van der Waals surface area contributed by atoms with Gasteiger partial charge in [0.25, 0.3) is 5.91 Å². The van der Waals surface area contributed by atoms with Gasteiger partial charge in [-0.1, -0.05) is 6.07 Å². The zero-order valence-corrected chi connectivity index (χ0v) is 9.40. The highest BCUT2D eigenvalue weighted by Crippen LogP contribution is 2.17. The summed E-state index contributed by atoms with van der Waals surface area (Å²) in [7, 11) is 0. The molecule has 1 aromatic rings. The third kappa shape index (κ3) is 2.38. The van der Waals surface area contributed by atoms with E-state index in [1.165, 1.54) is 6.07 Å².